The van der Waals surface area contributed by atoms with Crippen molar-refractivity contribution in [3.8, 4) is 5.75 Å². The van der Waals surface area contributed by atoms with E-state index >= 15 is 0 Å². The topological polar surface area (TPSA) is 43.4 Å². The van der Waals surface area contributed by atoms with E-state index in [9.17, 15) is 26.0 Å². The van der Waals surface area contributed by atoms with Crippen LogP contribution in [0.1, 0.15) is 13.8 Å². The maximum atomic E-state index is 13.5. The summed E-state index contributed by atoms with van der Waals surface area (Å²) in [7, 11) is -3.53. The molecule has 0 saturated carbocycles. The Labute approximate surface area is 101 Å². The van der Waals surface area contributed by atoms with Crippen LogP contribution in [0.5, 0.6) is 5.75 Å². The van der Waals surface area contributed by atoms with Gasteiger partial charge in [0.2, 0.25) is 11.6 Å². The molecule has 0 atom stereocenters. The molecule has 0 N–H and O–H groups in total. The van der Waals surface area contributed by atoms with Gasteiger partial charge in [0.05, 0.1) is 12.4 Å². The fourth-order valence-corrected chi connectivity index (χ4v) is 2.51. The summed E-state index contributed by atoms with van der Waals surface area (Å²) in [4.78, 5) is -1.31. The van der Waals surface area contributed by atoms with Crippen molar-refractivity contribution in [3.63, 3.8) is 0 Å². The van der Waals surface area contributed by atoms with Gasteiger partial charge < -0.3 is 4.74 Å². The Morgan fingerprint density at radius 3 is 1.78 bits per heavy atom. The fraction of sp³-hybridized carbons (Fsp3) is 0.400. The average molecular weight is 286 g/mol. The molecule has 0 unspecified atom stereocenters. The molecular formula is C10H10F4O3S. The number of hydrogen-bond acceptors (Lipinski definition) is 3. The SMILES string of the molecule is COc1c(F)c(F)c(F)c(F)c1S(=O)(=O)C(C)C. The molecule has 0 saturated heterocycles. The number of benzene rings is 1. The lowest BCUT2D eigenvalue weighted by molar-refractivity contribution is 0.328. The molecule has 0 aliphatic carbocycles. The summed E-state index contributed by atoms with van der Waals surface area (Å²) in [5, 5.41) is -1.15. The maximum Gasteiger partial charge on any atom is 0.205 e. The quantitative estimate of drug-likeness (QED) is 0.371. The van der Waals surface area contributed by atoms with E-state index in [-0.39, 0.29) is 0 Å². The molecule has 0 radical (unpaired) electrons. The smallest absolute Gasteiger partial charge is 0.205 e. The second-order valence-electron chi connectivity index (χ2n) is 3.71. The minimum Gasteiger partial charge on any atom is -0.492 e. The van der Waals surface area contributed by atoms with Crippen molar-refractivity contribution in [3.05, 3.63) is 23.3 Å². The highest BCUT2D eigenvalue weighted by molar-refractivity contribution is 7.92. The van der Waals surface area contributed by atoms with E-state index < -0.39 is 49.0 Å². The third-order valence-corrected chi connectivity index (χ3v) is 4.47. The lowest BCUT2D eigenvalue weighted by atomic mass is 10.3. The van der Waals surface area contributed by atoms with Gasteiger partial charge in [-0.1, -0.05) is 0 Å². The van der Waals surface area contributed by atoms with Crippen LogP contribution in [0.4, 0.5) is 17.6 Å². The maximum absolute atomic E-state index is 13.5. The molecule has 102 valence electrons. The highest BCUT2D eigenvalue weighted by Gasteiger charge is 2.35. The first-order valence-electron chi connectivity index (χ1n) is 4.80. The molecule has 1 aromatic carbocycles. The third-order valence-electron chi connectivity index (χ3n) is 2.29. The zero-order valence-electron chi connectivity index (χ0n) is 9.72. The molecule has 0 fully saturated rings. The first kappa shape index (κ1) is 14.7. The molecule has 0 aliphatic heterocycles. The summed E-state index contributed by atoms with van der Waals surface area (Å²) in [5.41, 5.74) is 0. The van der Waals surface area contributed by atoms with Gasteiger partial charge in [-0.05, 0) is 13.8 Å². The normalized spacial score (nSPS) is 12.0. The minimum absolute atomic E-state index is 0.828. The molecule has 0 amide bonds. The largest absolute Gasteiger partial charge is 0.492 e. The Kier molecular flexibility index (Phi) is 3.89. The Morgan fingerprint density at radius 1 is 0.944 bits per heavy atom. The Bertz CT molecular complexity index is 582. The van der Waals surface area contributed by atoms with E-state index in [4.69, 9.17) is 0 Å². The summed E-state index contributed by atoms with van der Waals surface area (Å²) in [6.07, 6.45) is 0. The van der Waals surface area contributed by atoms with Gasteiger partial charge in [-0.2, -0.15) is 4.39 Å². The van der Waals surface area contributed by atoms with E-state index in [1.165, 1.54) is 13.8 Å². The molecule has 18 heavy (non-hydrogen) atoms. The van der Waals surface area contributed by atoms with Crippen molar-refractivity contribution >= 4 is 9.84 Å². The predicted molar refractivity (Wildman–Crippen MR) is 55.1 cm³/mol. The van der Waals surface area contributed by atoms with Crippen LogP contribution in [-0.4, -0.2) is 20.8 Å². The van der Waals surface area contributed by atoms with Gasteiger partial charge >= 0.3 is 0 Å². The van der Waals surface area contributed by atoms with Crippen molar-refractivity contribution in [1.29, 1.82) is 0 Å². The average Bonchev–Trinajstić information content (AvgIpc) is 2.30. The van der Waals surface area contributed by atoms with Crippen LogP contribution in [0.25, 0.3) is 0 Å². The Balaban J connectivity index is 3.85. The highest BCUT2D eigenvalue weighted by Crippen LogP contribution is 2.35. The fourth-order valence-electron chi connectivity index (χ4n) is 1.26. The monoisotopic (exact) mass is 286 g/mol. The van der Waals surface area contributed by atoms with Crippen molar-refractivity contribution in [2.75, 3.05) is 7.11 Å². The standard InChI is InChI=1S/C10H10F4O3S/c1-4(2)18(15,16)10-8(14)6(12)5(11)7(13)9(10)17-3/h4H,1-3H3. The van der Waals surface area contributed by atoms with Crippen molar-refractivity contribution in [2.45, 2.75) is 24.0 Å². The molecule has 1 rings (SSSR count). The van der Waals surface area contributed by atoms with E-state index in [0.717, 1.165) is 7.11 Å². The van der Waals surface area contributed by atoms with Gasteiger partial charge in [0, 0.05) is 0 Å². The predicted octanol–water partition coefficient (Wildman–Crippen LogP) is 2.43. The molecule has 0 heterocycles. The van der Waals surface area contributed by atoms with Crippen LogP contribution in [0.15, 0.2) is 4.90 Å². The van der Waals surface area contributed by atoms with E-state index in [2.05, 4.69) is 4.74 Å². The van der Waals surface area contributed by atoms with Crippen LogP contribution in [0.3, 0.4) is 0 Å². The van der Waals surface area contributed by atoms with Crippen molar-refractivity contribution in [2.24, 2.45) is 0 Å². The van der Waals surface area contributed by atoms with Gasteiger partial charge in [0.15, 0.2) is 32.1 Å². The summed E-state index contributed by atoms with van der Waals surface area (Å²) in [6.45, 7) is 2.38. The van der Waals surface area contributed by atoms with Gasteiger partial charge in [-0.25, -0.2) is 21.6 Å². The summed E-state index contributed by atoms with van der Waals surface area (Å²) < 4.78 is 80.7. The Morgan fingerprint density at radius 2 is 1.39 bits per heavy atom. The first-order chi connectivity index (χ1) is 8.16. The number of halogens is 4. The molecule has 0 spiro atoms. The van der Waals surface area contributed by atoms with E-state index in [1.807, 2.05) is 0 Å². The zero-order valence-corrected chi connectivity index (χ0v) is 10.5. The van der Waals surface area contributed by atoms with Crippen LogP contribution >= 0.6 is 0 Å². The molecule has 3 nitrogen and oxygen atoms in total. The second kappa shape index (κ2) is 4.75. The number of methoxy groups -OCH3 is 1. The Hall–Kier alpha value is -1.31. The first-order valence-corrected chi connectivity index (χ1v) is 6.34. The summed E-state index contributed by atoms with van der Waals surface area (Å²) in [5.74, 6) is -9.34. The van der Waals surface area contributed by atoms with Crippen LogP contribution in [0.2, 0.25) is 0 Å². The third kappa shape index (κ3) is 2.05. The minimum atomic E-state index is -4.36. The van der Waals surface area contributed by atoms with Gasteiger partial charge in [-0.3, -0.25) is 0 Å². The van der Waals surface area contributed by atoms with Gasteiger partial charge in [0.1, 0.15) is 0 Å². The number of sulfone groups is 1. The lowest BCUT2D eigenvalue weighted by Gasteiger charge is -2.14. The molecule has 0 aromatic heterocycles. The highest BCUT2D eigenvalue weighted by atomic mass is 32.2. The van der Waals surface area contributed by atoms with Gasteiger partial charge in [-0.15, -0.1) is 0 Å². The molecular weight excluding hydrogens is 276 g/mol. The molecule has 0 aliphatic rings. The van der Waals surface area contributed by atoms with Crippen LogP contribution in [0, 0.1) is 23.3 Å². The van der Waals surface area contributed by atoms with Crippen LogP contribution < -0.4 is 4.74 Å². The van der Waals surface area contributed by atoms with Crippen LogP contribution in [-0.2, 0) is 9.84 Å². The molecule has 0 bridgehead atoms. The van der Waals surface area contributed by atoms with Gasteiger partial charge in [0.25, 0.3) is 0 Å². The second-order valence-corrected chi connectivity index (χ2v) is 6.15. The van der Waals surface area contributed by atoms with Crippen molar-refractivity contribution < 1.29 is 30.7 Å². The number of ether oxygens (including phenoxy) is 1. The van der Waals surface area contributed by atoms with E-state index in [1.54, 1.807) is 0 Å². The molecule has 8 heteroatoms. The summed E-state index contributed by atoms with van der Waals surface area (Å²) in [6, 6.07) is 0. The lowest BCUT2D eigenvalue weighted by Crippen LogP contribution is -2.19. The summed E-state index contributed by atoms with van der Waals surface area (Å²) >= 11 is 0. The number of hydrogen-bond donors (Lipinski definition) is 0. The molecule has 1 aromatic rings. The zero-order chi connectivity index (χ0) is 14.2. The van der Waals surface area contributed by atoms with Crippen molar-refractivity contribution in [1.82, 2.24) is 0 Å². The van der Waals surface area contributed by atoms with E-state index in [0.29, 0.717) is 0 Å². The number of rotatable bonds is 3.